The van der Waals surface area contributed by atoms with E-state index >= 15 is 0 Å². The van der Waals surface area contributed by atoms with Crippen LogP contribution in [0.4, 0.5) is 0 Å². The molecular weight excluding hydrogens is 260 g/mol. The van der Waals surface area contributed by atoms with Gasteiger partial charge in [-0.3, -0.25) is 0 Å². The highest BCUT2D eigenvalue weighted by molar-refractivity contribution is 7.90. The average molecular weight is 290 g/mol. The lowest BCUT2D eigenvalue weighted by atomic mass is 9.84. The predicted molar refractivity (Wildman–Crippen MR) is 80.7 cm³/mol. The van der Waals surface area contributed by atoms with E-state index in [4.69, 9.17) is 0 Å². The lowest BCUT2D eigenvalue weighted by molar-refractivity contribution is 0.285. The number of hydrogen-bond acceptors (Lipinski definition) is 3. The second-order valence-corrected chi connectivity index (χ2v) is 8.48. The van der Waals surface area contributed by atoms with E-state index in [1.807, 2.05) is 13.8 Å². The van der Waals surface area contributed by atoms with Gasteiger partial charge in [-0.15, -0.1) is 0 Å². The maximum atomic E-state index is 12.2. The minimum absolute atomic E-state index is 0.207. The van der Waals surface area contributed by atoms with Crippen molar-refractivity contribution in [3.63, 3.8) is 0 Å². The van der Waals surface area contributed by atoms with E-state index in [1.165, 1.54) is 12.8 Å². The molecule has 4 nitrogen and oxygen atoms in total. The number of nitrogens with one attached hydrogen (secondary N) is 2. The fourth-order valence-electron chi connectivity index (χ4n) is 2.69. The summed E-state index contributed by atoms with van der Waals surface area (Å²) in [4.78, 5) is 0. The van der Waals surface area contributed by atoms with Crippen LogP contribution in [0.25, 0.3) is 0 Å². The van der Waals surface area contributed by atoms with E-state index in [1.54, 1.807) is 6.92 Å². The van der Waals surface area contributed by atoms with Crippen molar-refractivity contribution in [1.82, 2.24) is 10.0 Å². The number of sulfonamides is 1. The standard InChI is InChI=1S/C14H30N2O2S/c1-5-14(8-6-7-9-14)11-16-19(17,18)13(4)10-15-12(2)3/h12-13,15-16H,5-11H2,1-4H3. The zero-order valence-corrected chi connectivity index (χ0v) is 13.6. The van der Waals surface area contributed by atoms with Crippen LogP contribution in [0.5, 0.6) is 0 Å². The Morgan fingerprint density at radius 2 is 1.74 bits per heavy atom. The third-order valence-corrected chi connectivity index (χ3v) is 6.18. The van der Waals surface area contributed by atoms with Crippen molar-refractivity contribution >= 4 is 10.0 Å². The smallest absolute Gasteiger partial charge is 0.215 e. The van der Waals surface area contributed by atoms with Gasteiger partial charge < -0.3 is 5.32 Å². The van der Waals surface area contributed by atoms with Crippen molar-refractivity contribution in [2.75, 3.05) is 13.1 Å². The normalized spacial score (nSPS) is 20.9. The molecule has 5 heteroatoms. The molecule has 1 fully saturated rings. The van der Waals surface area contributed by atoms with Crippen molar-refractivity contribution in [2.24, 2.45) is 5.41 Å². The predicted octanol–water partition coefficient (Wildman–Crippen LogP) is 2.26. The van der Waals surface area contributed by atoms with Gasteiger partial charge in [0, 0.05) is 19.1 Å². The van der Waals surface area contributed by atoms with Crippen LogP contribution in [0.15, 0.2) is 0 Å². The highest BCUT2D eigenvalue weighted by atomic mass is 32.2. The lowest BCUT2D eigenvalue weighted by Gasteiger charge is -2.28. The maximum absolute atomic E-state index is 12.2. The summed E-state index contributed by atoms with van der Waals surface area (Å²) in [6, 6.07) is 0.314. The second kappa shape index (κ2) is 7.04. The molecule has 0 radical (unpaired) electrons. The SMILES string of the molecule is CCC1(CNS(=O)(=O)C(C)CNC(C)C)CCCC1. The van der Waals surface area contributed by atoms with E-state index in [0.29, 0.717) is 19.1 Å². The molecule has 0 spiro atoms. The molecule has 0 aromatic carbocycles. The Morgan fingerprint density at radius 1 is 1.16 bits per heavy atom. The zero-order chi connectivity index (χ0) is 14.5. The molecular formula is C14H30N2O2S. The van der Waals surface area contributed by atoms with E-state index in [2.05, 4.69) is 17.0 Å². The molecule has 19 heavy (non-hydrogen) atoms. The van der Waals surface area contributed by atoms with Crippen LogP contribution in [0.3, 0.4) is 0 Å². The van der Waals surface area contributed by atoms with Gasteiger partial charge in [0.1, 0.15) is 0 Å². The molecule has 114 valence electrons. The van der Waals surface area contributed by atoms with Crippen molar-refractivity contribution < 1.29 is 8.42 Å². The van der Waals surface area contributed by atoms with Crippen LogP contribution in [0, 0.1) is 5.41 Å². The Morgan fingerprint density at radius 3 is 2.21 bits per heavy atom. The first-order chi connectivity index (χ1) is 8.81. The van der Waals surface area contributed by atoms with Crippen LogP contribution in [-0.2, 0) is 10.0 Å². The van der Waals surface area contributed by atoms with Crippen molar-refractivity contribution in [1.29, 1.82) is 0 Å². The van der Waals surface area contributed by atoms with Gasteiger partial charge in [-0.05, 0) is 31.6 Å². The Balaban J connectivity index is 2.49. The van der Waals surface area contributed by atoms with Gasteiger partial charge >= 0.3 is 0 Å². The molecule has 0 heterocycles. The highest BCUT2D eigenvalue weighted by Gasteiger charge is 2.33. The first kappa shape index (κ1) is 16.9. The topological polar surface area (TPSA) is 58.2 Å². The second-order valence-electron chi connectivity index (χ2n) is 6.30. The van der Waals surface area contributed by atoms with Crippen LogP contribution in [-0.4, -0.2) is 32.8 Å². The summed E-state index contributed by atoms with van der Waals surface area (Å²) in [5.74, 6) is 0. The number of hydrogen-bond donors (Lipinski definition) is 2. The van der Waals surface area contributed by atoms with Crippen LogP contribution in [0.1, 0.15) is 59.8 Å². The molecule has 0 aromatic rings. The Kier molecular flexibility index (Phi) is 6.27. The Labute approximate surface area is 118 Å². The van der Waals surface area contributed by atoms with Gasteiger partial charge in [-0.2, -0.15) is 0 Å². The molecule has 0 aliphatic heterocycles. The van der Waals surface area contributed by atoms with Crippen molar-refractivity contribution in [3.8, 4) is 0 Å². The monoisotopic (exact) mass is 290 g/mol. The third kappa shape index (κ3) is 5.04. The van der Waals surface area contributed by atoms with Gasteiger partial charge in [0.25, 0.3) is 0 Å². The van der Waals surface area contributed by atoms with Crippen molar-refractivity contribution in [2.45, 2.75) is 71.1 Å². The summed E-state index contributed by atoms with van der Waals surface area (Å²) in [6.07, 6.45) is 5.85. The number of rotatable bonds is 8. The fourth-order valence-corrected chi connectivity index (χ4v) is 3.80. The average Bonchev–Trinajstić information content (AvgIpc) is 2.83. The minimum atomic E-state index is -3.20. The maximum Gasteiger partial charge on any atom is 0.215 e. The minimum Gasteiger partial charge on any atom is -0.313 e. The van der Waals surface area contributed by atoms with Crippen LogP contribution < -0.4 is 10.0 Å². The van der Waals surface area contributed by atoms with Gasteiger partial charge in [0.15, 0.2) is 0 Å². The summed E-state index contributed by atoms with van der Waals surface area (Å²) < 4.78 is 27.3. The first-order valence-electron chi connectivity index (χ1n) is 7.53. The van der Waals surface area contributed by atoms with Crippen molar-refractivity contribution in [3.05, 3.63) is 0 Å². The van der Waals surface area contributed by atoms with E-state index in [0.717, 1.165) is 19.3 Å². The molecule has 0 bridgehead atoms. The highest BCUT2D eigenvalue weighted by Crippen LogP contribution is 2.40. The Bertz CT molecular complexity index is 360. The molecule has 1 atom stereocenters. The van der Waals surface area contributed by atoms with E-state index < -0.39 is 10.0 Å². The summed E-state index contributed by atoms with van der Waals surface area (Å²) in [5, 5.41) is 2.80. The molecule has 0 amide bonds. The van der Waals surface area contributed by atoms with Crippen LogP contribution in [0.2, 0.25) is 0 Å². The zero-order valence-electron chi connectivity index (χ0n) is 12.8. The summed E-state index contributed by atoms with van der Waals surface area (Å²) in [7, 11) is -3.20. The molecule has 1 unspecified atom stereocenters. The summed E-state index contributed by atoms with van der Waals surface area (Å²) >= 11 is 0. The summed E-state index contributed by atoms with van der Waals surface area (Å²) in [6.45, 7) is 9.10. The largest absolute Gasteiger partial charge is 0.313 e. The third-order valence-electron chi connectivity index (χ3n) is 4.41. The lowest BCUT2D eigenvalue weighted by Crippen LogP contribution is -2.44. The molecule has 0 aromatic heterocycles. The first-order valence-corrected chi connectivity index (χ1v) is 9.08. The molecule has 0 saturated heterocycles. The quantitative estimate of drug-likeness (QED) is 0.721. The summed E-state index contributed by atoms with van der Waals surface area (Å²) in [5.41, 5.74) is 0.207. The van der Waals surface area contributed by atoms with Gasteiger partial charge in [0.2, 0.25) is 10.0 Å². The van der Waals surface area contributed by atoms with Crippen LogP contribution >= 0.6 is 0 Å². The molecule has 1 aliphatic carbocycles. The van der Waals surface area contributed by atoms with E-state index in [-0.39, 0.29) is 10.7 Å². The van der Waals surface area contributed by atoms with E-state index in [9.17, 15) is 8.42 Å². The molecule has 1 rings (SSSR count). The Hall–Kier alpha value is -0.130. The van der Waals surface area contributed by atoms with Gasteiger partial charge in [-0.25, -0.2) is 13.1 Å². The van der Waals surface area contributed by atoms with Gasteiger partial charge in [-0.1, -0.05) is 33.6 Å². The van der Waals surface area contributed by atoms with Gasteiger partial charge in [0.05, 0.1) is 5.25 Å². The molecule has 1 saturated carbocycles. The molecule has 2 N–H and O–H groups in total. The molecule has 1 aliphatic rings. The fraction of sp³-hybridized carbons (Fsp3) is 1.00.